The van der Waals surface area contributed by atoms with Gasteiger partial charge in [0.25, 0.3) is 0 Å². The number of amides is 2. The van der Waals surface area contributed by atoms with E-state index in [0.717, 1.165) is 12.8 Å². The number of carbonyl (C=O) groups is 2. The van der Waals surface area contributed by atoms with Crippen LogP contribution in [0.4, 0.5) is 9.80 Å². The van der Waals surface area contributed by atoms with Crippen LogP contribution >= 0.6 is 11.3 Å². The summed E-state index contributed by atoms with van der Waals surface area (Å²) in [6.07, 6.45) is 6.05. The summed E-state index contributed by atoms with van der Waals surface area (Å²) in [7, 11) is 0. The molecule has 110 valence electrons. The van der Waals surface area contributed by atoms with E-state index in [1.165, 1.54) is 36.7 Å². The van der Waals surface area contributed by atoms with E-state index < -0.39 is 5.97 Å². The van der Waals surface area contributed by atoms with Crippen LogP contribution in [0.2, 0.25) is 0 Å². The summed E-state index contributed by atoms with van der Waals surface area (Å²) >= 11 is 1.22. The fourth-order valence-electron chi connectivity index (χ4n) is 2.67. The molecule has 6 heteroatoms. The number of hydrogen-bond donors (Lipinski definition) is 3. The first-order valence-electron chi connectivity index (χ1n) is 6.96. The van der Waals surface area contributed by atoms with Gasteiger partial charge < -0.3 is 10.4 Å². The van der Waals surface area contributed by atoms with E-state index in [1.807, 2.05) is 6.92 Å². The van der Waals surface area contributed by atoms with Crippen LogP contribution < -0.4 is 10.6 Å². The van der Waals surface area contributed by atoms with E-state index in [-0.39, 0.29) is 17.6 Å². The highest BCUT2D eigenvalue weighted by molar-refractivity contribution is 7.14. The quantitative estimate of drug-likeness (QED) is 0.795. The second kappa shape index (κ2) is 6.74. The summed E-state index contributed by atoms with van der Waals surface area (Å²) < 4.78 is 0. The molecule has 0 aromatic carbocycles. The van der Waals surface area contributed by atoms with Gasteiger partial charge >= 0.3 is 12.0 Å². The molecular formula is C14H20N2O3S. The van der Waals surface area contributed by atoms with Crippen LogP contribution in [0.25, 0.3) is 0 Å². The molecule has 1 aliphatic rings. The lowest BCUT2D eigenvalue weighted by Crippen LogP contribution is -2.41. The summed E-state index contributed by atoms with van der Waals surface area (Å²) in [5, 5.41) is 16.6. The Morgan fingerprint density at radius 1 is 1.35 bits per heavy atom. The number of hydrogen-bond acceptors (Lipinski definition) is 3. The van der Waals surface area contributed by atoms with Gasteiger partial charge in [-0.3, -0.25) is 5.32 Å². The highest BCUT2D eigenvalue weighted by atomic mass is 32.1. The first-order chi connectivity index (χ1) is 9.58. The smallest absolute Gasteiger partial charge is 0.338 e. The fourth-order valence-corrected chi connectivity index (χ4v) is 3.45. The minimum absolute atomic E-state index is 0.114. The maximum Gasteiger partial charge on any atom is 0.338 e. The molecule has 2 rings (SSSR count). The van der Waals surface area contributed by atoms with Crippen LogP contribution in [-0.2, 0) is 0 Å². The van der Waals surface area contributed by atoms with E-state index in [4.69, 9.17) is 5.11 Å². The Kier molecular flexibility index (Phi) is 5.00. The number of thiophene rings is 1. The van der Waals surface area contributed by atoms with Crippen LogP contribution in [0.3, 0.4) is 0 Å². The monoisotopic (exact) mass is 296 g/mol. The molecule has 20 heavy (non-hydrogen) atoms. The lowest BCUT2D eigenvalue weighted by Gasteiger charge is -2.28. The third kappa shape index (κ3) is 3.72. The van der Waals surface area contributed by atoms with Crippen molar-refractivity contribution in [3.8, 4) is 0 Å². The van der Waals surface area contributed by atoms with Crippen molar-refractivity contribution in [1.29, 1.82) is 0 Å². The average Bonchev–Trinajstić information content (AvgIpc) is 2.87. The number of carboxylic acids is 1. The number of urea groups is 1. The Bertz CT molecular complexity index is 481. The Morgan fingerprint density at radius 2 is 2.05 bits per heavy atom. The third-order valence-electron chi connectivity index (χ3n) is 3.84. The molecule has 0 saturated heterocycles. The van der Waals surface area contributed by atoms with Gasteiger partial charge in [-0.25, -0.2) is 9.59 Å². The summed E-state index contributed by atoms with van der Waals surface area (Å²) in [6.45, 7) is 2.02. The summed E-state index contributed by atoms with van der Waals surface area (Å²) in [4.78, 5) is 22.9. The summed E-state index contributed by atoms with van der Waals surface area (Å²) in [5.74, 6) is -0.501. The van der Waals surface area contributed by atoms with Gasteiger partial charge in [0.05, 0.1) is 5.56 Å². The lowest BCUT2D eigenvalue weighted by atomic mass is 9.85. The van der Waals surface area contributed by atoms with Crippen LogP contribution in [0.15, 0.2) is 11.4 Å². The molecule has 0 spiro atoms. The van der Waals surface area contributed by atoms with Gasteiger partial charge in [0.1, 0.15) is 5.00 Å². The number of carboxylic acid groups (broad SMARTS) is 1. The lowest BCUT2D eigenvalue weighted by molar-refractivity contribution is 0.0698. The van der Waals surface area contributed by atoms with Crippen molar-refractivity contribution in [3.05, 3.63) is 17.0 Å². The van der Waals surface area contributed by atoms with Crippen molar-refractivity contribution in [1.82, 2.24) is 5.32 Å². The van der Waals surface area contributed by atoms with Crippen molar-refractivity contribution < 1.29 is 14.7 Å². The zero-order valence-corrected chi connectivity index (χ0v) is 12.3. The van der Waals surface area contributed by atoms with E-state index in [1.54, 1.807) is 5.38 Å². The Hall–Kier alpha value is -1.56. The molecule has 1 aliphatic carbocycles. The van der Waals surface area contributed by atoms with Crippen LogP contribution in [0.1, 0.15) is 49.4 Å². The molecule has 1 saturated carbocycles. The number of rotatable bonds is 4. The number of aromatic carboxylic acids is 1. The van der Waals surface area contributed by atoms with E-state index in [9.17, 15) is 9.59 Å². The van der Waals surface area contributed by atoms with Crippen molar-refractivity contribution >= 4 is 28.3 Å². The van der Waals surface area contributed by atoms with Crippen molar-refractivity contribution in [2.75, 3.05) is 5.32 Å². The number of nitrogens with one attached hydrogen (secondary N) is 2. The highest BCUT2D eigenvalue weighted by Crippen LogP contribution is 2.27. The largest absolute Gasteiger partial charge is 0.478 e. The first kappa shape index (κ1) is 14.8. The second-order valence-electron chi connectivity index (χ2n) is 5.25. The van der Waals surface area contributed by atoms with E-state index in [2.05, 4.69) is 10.6 Å². The molecule has 0 aliphatic heterocycles. The van der Waals surface area contributed by atoms with Gasteiger partial charge in [-0.05, 0) is 37.1 Å². The maximum absolute atomic E-state index is 11.9. The molecule has 1 atom stereocenters. The molecule has 0 bridgehead atoms. The Balaban J connectivity index is 1.88. The van der Waals surface area contributed by atoms with Gasteiger partial charge in [-0.15, -0.1) is 11.3 Å². The van der Waals surface area contributed by atoms with Crippen molar-refractivity contribution in [3.63, 3.8) is 0 Å². The molecule has 1 unspecified atom stereocenters. The van der Waals surface area contributed by atoms with Crippen molar-refractivity contribution in [2.24, 2.45) is 5.92 Å². The molecule has 1 fully saturated rings. The predicted molar refractivity (Wildman–Crippen MR) is 79.5 cm³/mol. The van der Waals surface area contributed by atoms with E-state index in [0.29, 0.717) is 10.9 Å². The zero-order chi connectivity index (χ0) is 14.5. The van der Waals surface area contributed by atoms with Gasteiger partial charge in [-0.1, -0.05) is 19.3 Å². The molecule has 1 aromatic rings. The van der Waals surface area contributed by atoms with Crippen molar-refractivity contribution in [2.45, 2.75) is 45.1 Å². The van der Waals surface area contributed by atoms with Gasteiger partial charge in [-0.2, -0.15) is 0 Å². The van der Waals surface area contributed by atoms with Gasteiger partial charge in [0.15, 0.2) is 0 Å². The van der Waals surface area contributed by atoms with Crippen LogP contribution in [-0.4, -0.2) is 23.1 Å². The molecule has 5 nitrogen and oxygen atoms in total. The summed E-state index contributed by atoms with van der Waals surface area (Å²) in [6, 6.07) is 1.28. The fraction of sp³-hybridized carbons (Fsp3) is 0.571. The normalized spacial score (nSPS) is 17.4. The SMILES string of the molecule is CC(NC(=O)Nc1sccc1C(=O)O)C1CCCCC1. The van der Waals surface area contributed by atoms with Gasteiger partial charge in [0.2, 0.25) is 0 Å². The third-order valence-corrected chi connectivity index (χ3v) is 4.67. The molecule has 1 aromatic heterocycles. The molecule has 3 N–H and O–H groups in total. The minimum Gasteiger partial charge on any atom is -0.478 e. The highest BCUT2D eigenvalue weighted by Gasteiger charge is 2.22. The Morgan fingerprint density at radius 3 is 2.70 bits per heavy atom. The van der Waals surface area contributed by atoms with Gasteiger partial charge in [0, 0.05) is 6.04 Å². The van der Waals surface area contributed by atoms with Crippen LogP contribution in [0.5, 0.6) is 0 Å². The first-order valence-corrected chi connectivity index (χ1v) is 7.84. The standard InChI is InChI=1S/C14H20N2O3S/c1-9(10-5-3-2-4-6-10)15-14(19)16-12-11(13(17)18)7-8-20-12/h7-10H,2-6H2,1H3,(H,17,18)(H2,15,16,19). The topological polar surface area (TPSA) is 78.4 Å². The number of carbonyl (C=O) groups excluding carboxylic acids is 1. The molecular weight excluding hydrogens is 276 g/mol. The predicted octanol–water partition coefficient (Wildman–Crippen LogP) is 3.54. The zero-order valence-electron chi connectivity index (χ0n) is 11.5. The Labute approximate surface area is 122 Å². The molecule has 1 heterocycles. The maximum atomic E-state index is 11.9. The minimum atomic E-state index is -1.03. The number of anilines is 1. The summed E-state index contributed by atoms with van der Waals surface area (Å²) in [5.41, 5.74) is 0.135. The molecule has 2 amide bonds. The second-order valence-corrected chi connectivity index (χ2v) is 6.17. The van der Waals surface area contributed by atoms with E-state index >= 15 is 0 Å². The average molecular weight is 296 g/mol. The molecule has 0 radical (unpaired) electrons. The van der Waals surface area contributed by atoms with Crippen LogP contribution in [0, 0.1) is 5.92 Å².